The first-order valence-corrected chi connectivity index (χ1v) is 7.30. The second-order valence-corrected chi connectivity index (χ2v) is 4.56. The predicted octanol–water partition coefficient (Wildman–Crippen LogP) is 1.92. The van der Waals surface area contributed by atoms with Gasteiger partial charge < -0.3 is 15.1 Å². The summed E-state index contributed by atoms with van der Waals surface area (Å²) >= 11 is 0. The number of aromatic amines is 1. The van der Waals surface area contributed by atoms with E-state index in [4.69, 9.17) is 4.42 Å². The SMILES string of the molecule is CCCCNC(=NCc1nc(-c2ccco2)n[nH]1)NCC. The van der Waals surface area contributed by atoms with Gasteiger partial charge in [-0.1, -0.05) is 13.3 Å². The highest BCUT2D eigenvalue weighted by molar-refractivity contribution is 5.79. The lowest BCUT2D eigenvalue weighted by Crippen LogP contribution is -2.37. The van der Waals surface area contributed by atoms with Crippen molar-refractivity contribution in [2.75, 3.05) is 13.1 Å². The molecule has 0 aliphatic heterocycles. The molecule has 0 radical (unpaired) electrons. The number of hydrogen-bond donors (Lipinski definition) is 3. The number of furan rings is 1. The Hall–Kier alpha value is -2.31. The molecule has 3 N–H and O–H groups in total. The highest BCUT2D eigenvalue weighted by atomic mass is 16.3. The zero-order chi connectivity index (χ0) is 14.9. The van der Waals surface area contributed by atoms with E-state index in [9.17, 15) is 0 Å². The van der Waals surface area contributed by atoms with Gasteiger partial charge in [0.05, 0.1) is 6.26 Å². The molecule has 0 atom stereocenters. The first-order valence-electron chi connectivity index (χ1n) is 7.30. The van der Waals surface area contributed by atoms with Gasteiger partial charge in [-0.05, 0) is 25.5 Å². The third kappa shape index (κ3) is 4.62. The van der Waals surface area contributed by atoms with Crippen LogP contribution in [0.3, 0.4) is 0 Å². The van der Waals surface area contributed by atoms with Gasteiger partial charge in [-0.2, -0.15) is 0 Å². The van der Waals surface area contributed by atoms with E-state index in [-0.39, 0.29) is 0 Å². The lowest BCUT2D eigenvalue weighted by atomic mass is 10.3. The van der Waals surface area contributed by atoms with E-state index in [1.807, 2.05) is 19.1 Å². The van der Waals surface area contributed by atoms with Gasteiger partial charge in [-0.3, -0.25) is 5.10 Å². The fourth-order valence-electron chi connectivity index (χ4n) is 1.76. The maximum Gasteiger partial charge on any atom is 0.216 e. The van der Waals surface area contributed by atoms with Crippen molar-refractivity contribution in [3.05, 3.63) is 24.2 Å². The van der Waals surface area contributed by atoms with Gasteiger partial charge in [-0.15, -0.1) is 5.10 Å². The summed E-state index contributed by atoms with van der Waals surface area (Å²) in [4.78, 5) is 8.84. The lowest BCUT2D eigenvalue weighted by molar-refractivity contribution is 0.577. The summed E-state index contributed by atoms with van der Waals surface area (Å²) in [6.45, 7) is 6.38. The van der Waals surface area contributed by atoms with Crippen LogP contribution in [0.2, 0.25) is 0 Å². The number of hydrogen-bond acceptors (Lipinski definition) is 4. The number of aliphatic imine (C=N–C) groups is 1. The van der Waals surface area contributed by atoms with Crippen LogP contribution in [0, 0.1) is 0 Å². The molecular weight excluding hydrogens is 268 g/mol. The highest BCUT2D eigenvalue weighted by Crippen LogP contribution is 2.14. The topological polar surface area (TPSA) is 91.1 Å². The Morgan fingerprint density at radius 3 is 3.00 bits per heavy atom. The van der Waals surface area contributed by atoms with Gasteiger partial charge in [0, 0.05) is 13.1 Å². The van der Waals surface area contributed by atoms with Crippen molar-refractivity contribution in [1.29, 1.82) is 0 Å². The van der Waals surface area contributed by atoms with Crippen LogP contribution in [0.4, 0.5) is 0 Å². The zero-order valence-corrected chi connectivity index (χ0v) is 12.5. The Balaban J connectivity index is 1.94. The quantitative estimate of drug-likeness (QED) is 0.412. The molecule has 2 heterocycles. The predicted molar refractivity (Wildman–Crippen MR) is 81.8 cm³/mol. The van der Waals surface area contributed by atoms with Crippen LogP contribution < -0.4 is 10.6 Å². The van der Waals surface area contributed by atoms with E-state index in [0.717, 1.165) is 31.9 Å². The Kier molecular flexibility index (Phi) is 5.81. The molecule has 0 aliphatic rings. The monoisotopic (exact) mass is 290 g/mol. The molecule has 21 heavy (non-hydrogen) atoms. The molecule has 7 nitrogen and oxygen atoms in total. The average molecular weight is 290 g/mol. The van der Waals surface area contributed by atoms with E-state index >= 15 is 0 Å². The standard InChI is InChI=1S/C14H22N6O/c1-3-5-8-16-14(15-4-2)17-10-12-18-13(20-19-12)11-7-6-9-21-11/h6-7,9H,3-5,8,10H2,1-2H3,(H2,15,16,17)(H,18,19,20). The number of nitrogens with zero attached hydrogens (tertiary/aromatic N) is 3. The van der Waals surface area contributed by atoms with Gasteiger partial charge >= 0.3 is 0 Å². The number of unbranched alkanes of at least 4 members (excludes halogenated alkanes) is 1. The molecule has 2 aromatic rings. The largest absolute Gasteiger partial charge is 0.461 e. The molecule has 0 bridgehead atoms. The maximum atomic E-state index is 5.26. The fraction of sp³-hybridized carbons (Fsp3) is 0.500. The van der Waals surface area contributed by atoms with Gasteiger partial charge in [0.15, 0.2) is 11.7 Å². The number of H-pyrrole nitrogens is 1. The number of guanidine groups is 1. The normalized spacial score (nSPS) is 11.6. The molecule has 0 fully saturated rings. The van der Waals surface area contributed by atoms with Gasteiger partial charge in [0.2, 0.25) is 5.82 Å². The van der Waals surface area contributed by atoms with E-state index in [1.165, 1.54) is 0 Å². The van der Waals surface area contributed by atoms with Gasteiger partial charge in [0.25, 0.3) is 0 Å². The Bertz CT molecular complexity index is 546. The third-order valence-electron chi connectivity index (χ3n) is 2.83. The minimum absolute atomic E-state index is 0.440. The summed E-state index contributed by atoms with van der Waals surface area (Å²) in [6, 6.07) is 3.64. The molecule has 0 saturated heterocycles. The molecule has 2 rings (SSSR count). The van der Waals surface area contributed by atoms with Crippen LogP contribution >= 0.6 is 0 Å². The number of aromatic nitrogens is 3. The minimum atomic E-state index is 0.440. The summed E-state index contributed by atoms with van der Waals surface area (Å²) < 4.78 is 5.26. The van der Waals surface area contributed by atoms with E-state index in [1.54, 1.807) is 6.26 Å². The van der Waals surface area contributed by atoms with Crippen molar-refractivity contribution < 1.29 is 4.42 Å². The van der Waals surface area contributed by atoms with Crippen molar-refractivity contribution >= 4 is 5.96 Å². The van der Waals surface area contributed by atoms with E-state index in [2.05, 4.69) is 37.7 Å². The summed E-state index contributed by atoms with van der Waals surface area (Å²) in [5, 5.41) is 13.5. The van der Waals surface area contributed by atoms with Crippen LogP contribution in [0.25, 0.3) is 11.6 Å². The van der Waals surface area contributed by atoms with Crippen LogP contribution in [-0.2, 0) is 6.54 Å². The summed E-state index contributed by atoms with van der Waals surface area (Å²) in [6.07, 6.45) is 3.88. The summed E-state index contributed by atoms with van der Waals surface area (Å²) in [5.74, 6) is 2.69. The van der Waals surface area contributed by atoms with Crippen molar-refractivity contribution in [3.8, 4) is 11.6 Å². The molecule has 2 aromatic heterocycles. The summed E-state index contributed by atoms with van der Waals surface area (Å²) in [5.41, 5.74) is 0. The third-order valence-corrected chi connectivity index (χ3v) is 2.83. The molecule has 0 spiro atoms. The molecule has 0 unspecified atom stereocenters. The first-order chi connectivity index (χ1) is 10.3. The van der Waals surface area contributed by atoms with Crippen LogP contribution in [0.15, 0.2) is 27.8 Å². The van der Waals surface area contributed by atoms with Crippen molar-refractivity contribution in [3.63, 3.8) is 0 Å². The fourth-order valence-corrected chi connectivity index (χ4v) is 1.76. The average Bonchev–Trinajstić information content (AvgIpc) is 3.15. The molecule has 0 saturated carbocycles. The van der Waals surface area contributed by atoms with Crippen molar-refractivity contribution in [2.24, 2.45) is 4.99 Å². The molecule has 0 aromatic carbocycles. The molecule has 0 amide bonds. The minimum Gasteiger partial charge on any atom is -0.461 e. The van der Waals surface area contributed by atoms with E-state index < -0.39 is 0 Å². The molecule has 114 valence electrons. The smallest absolute Gasteiger partial charge is 0.216 e. The van der Waals surface area contributed by atoms with Crippen LogP contribution in [-0.4, -0.2) is 34.2 Å². The zero-order valence-electron chi connectivity index (χ0n) is 12.5. The van der Waals surface area contributed by atoms with Gasteiger partial charge in [-0.25, -0.2) is 9.98 Å². The van der Waals surface area contributed by atoms with E-state index in [0.29, 0.717) is 24.0 Å². The number of rotatable bonds is 7. The van der Waals surface area contributed by atoms with Crippen LogP contribution in [0.5, 0.6) is 0 Å². The molecule has 0 aliphatic carbocycles. The molecular formula is C14H22N6O. The first kappa shape index (κ1) is 15.1. The Morgan fingerprint density at radius 1 is 1.38 bits per heavy atom. The van der Waals surface area contributed by atoms with Crippen molar-refractivity contribution in [2.45, 2.75) is 33.2 Å². The molecule has 7 heteroatoms. The Morgan fingerprint density at radius 2 is 2.29 bits per heavy atom. The Labute approximate surface area is 124 Å². The maximum absolute atomic E-state index is 5.26. The van der Waals surface area contributed by atoms with Crippen LogP contribution in [0.1, 0.15) is 32.5 Å². The second kappa shape index (κ2) is 8.08. The second-order valence-electron chi connectivity index (χ2n) is 4.56. The highest BCUT2D eigenvalue weighted by Gasteiger charge is 2.07. The summed E-state index contributed by atoms with van der Waals surface area (Å²) in [7, 11) is 0. The van der Waals surface area contributed by atoms with Gasteiger partial charge in [0.1, 0.15) is 12.4 Å². The number of nitrogens with one attached hydrogen (secondary N) is 3. The lowest BCUT2D eigenvalue weighted by Gasteiger charge is -2.09. The van der Waals surface area contributed by atoms with Crippen molar-refractivity contribution in [1.82, 2.24) is 25.8 Å².